The summed E-state index contributed by atoms with van der Waals surface area (Å²) in [6.45, 7) is 5.00. The van der Waals surface area contributed by atoms with Crippen LogP contribution in [0.5, 0.6) is 0 Å². The van der Waals surface area contributed by atoms with Crippen LogP contribution in [0.4, 0.5) is 0 Å². The molecule has 3 rings (SSSR count). The minimum Gasteiger partial charge on any atom is -0.271 e. The molecule has 0 amide bonds. The Kier molecular flexibility index (Phi) is 4.08. The Morgan fingerprint density at radius 2 is 2.10 bits per heavy atom. The molecule has 1 heterocycles. The maximum atomic E-state index is 5.81. The van der Waals surface area contributed by atoms with Crippen molar-refractivity contribution in [3.63, 3.8) is 0 Å². The third kappa shape index (κ3) is 2.87. The number of nitrogens with one attached hydrogen (secondary N) is 1. The van der Waals surface area contributed by atoms with Gasteiger partial charge in [-0.3, -0.25) is 16.0 Å². The van der Waals surface area contributed by atoms with Gasteiger partial charge >= 0.3 is 0 Å². The molecule has 0 bridgehead atoms. The van der Waals surface area contributed by atoms with Gasteiger partial charge in [0.05, 0.1) is 17.4 Å². The highest BCUT2D eigenvalue weighted by atomic mass is 15.3. The number of fused-ring (bicyclic) bond motifs is 1. The zero-order valence-corrected chi connectivity index (χ0v) is 12.9. The third-order valence-electron chi connectivity index (χ3n) is 4.39. The molecule has 21 heavy (non-hydrogen) atoms. The average molecular weight is 284 g/mol. The van der Waals surface area contributed by atoms with E-state index in [2.05, 4.69) is 41.7 Å². The fourth-order valence-electron chi connectivity index (χ4n) is 3.34. The van der Waals surface area contributed by atoms with E-state index in [-0.39, 0.29) is 6.04 Å². The molecule has 4 nitrogen and oxygen atoms in total. The lowest BCUT2D eigenvalue weighted by Crippen LogP contribution is -2.31. The summed E-state index contributed by atoms with van der Waals surface area (Å²) in [7, 11) is 0. The lowest BCUT2D eigenvalue weighted by Gasteiger charge is -2.18. The van der Waals surface area contributed by atoms with E-state index in [0.717, 1.165) is 24.4 Å². The van der Waals surface area contributed by atoms with Crippen LogP contribution < -0.4 is 11.3 Å². The summed E-state index contributed by atoms with van der Waals surface area (Å²) in [5.41, 5.74) is 9.55. The Hall–Kier alpha value is -1.65. The number of hydrogen-bond donors (Lipinski definition) is 2. The minimum atomic E-state index is 0.102. The Balaban J connectivity index is 1.84. The van der Waals surface area contributed by atoms with Gasteiger partial charge in [0.15, 0.2) is 0 Å². The fraction of sp³-hybridized carbons (Fsp3) is 0.471. The summed E-state index contributed by atoms with van der Waals surface area (Å²) < 4.78 is 2.03. The summed E-state index contributed by atoms with van der Waals surface area (Å²) in [4.78, 5) is 0. The van der Waals surface area contributed by atoms with E-state index < -0.39 is 0 Å². The average Bonchev–Trinajstić information content (AvgIpc) is 3.10. The molecule has 3 N–H and O–H groups in total. The van der Waals surface area contributed by atoms with Gasteiger partial charge in [-0.15, -0.1) is 0 Å². The third-order valence-corrected chi connectivity index (χ3v) is 4.39. The van der Waals surface area contributed by atoms with Crippen molar-refractivity contribution in [1.82, 2.24) is 15.2 Å². The molecule has 1 unspecified atom stereocenters. The van der Waals surface area contributed by atoms with Gasteiger partial charge in [0.1, 0.15) is 0 Å². The van der Waals surface area contributed by atoms with Crippen LogP contribution in [0, 0.1) is 6.92 Å². The molecule has 2 aromatic rings. The van der Waals surface area contributed by atoms with Gasteiger partial charge in [-0.2, -0.15) is 5.10 Å². The molecule has 1 aromatic carbocycles. The van der Waals surface area contributed by atoms with Crippen LogP contribution in [-0.2, 0) is 25.8 Å². The number of aryl methyl sites for hydroxylation is 4. The first-order valence-electron chi connectivity index (χ1n) is 7.82. The minimum absolute atomic E-state index is 0.102. The standard InChI is InChI=1S/C17H24N4/c1-3-21-17(9-12(2)20-21)16(19-18)11-13-7-8-14-5-4-6-15(14)10-13/h7-10,16,19H,3-6,11,18H2,1-2H3. The lowest BCUT2D eigenvalue weighted by molar-refractivity contribution is 0.490. The predicted molar refractivity (Wildman–Crippen MR) is 84.9 cm³/mol. The molecule has 0 saturated heterocycles. The van der Waals surface area contributed by atoms with Crippen LogP contribution in [0.2, 0.25) is 0 Å². The van der Waals surface area contributed by atoms with E-state index in [1.165, 1.54) is 36.0 Å². The Labute approximate surface area is 126 Å². The molecule has 112 valence electrons. The van der Waals surface area contributed by atoms with Crippen LogP contribution >= 0.6 is 0 Å². The number of nitrogens with zero attached hydrogens (tertiary/aromatic N) is 2. The zero-order chi connectivity index (χ0) is 14.8. The molecule has 1 aliphatic carbocycles. The van der Waals surface area contributed by atoms with Crippen molar-refractivity contribution >= 4 is 0 Å². The first-order valence-corrected chi connectivity index (χ1v) is 7.82. The zero-order valence-electron chi connectivity index (χ0n) is 12.9. The van der Waals surface area contributed by atoms with E-state index >= 15 is 0 Å². The highest BCUT2D eigenvalue weighted by Crippen LogP contribution is 2.25. The van der Waals surface area contributed by atoms with Gasteiger partial charge in [0.25, 0.3) is 0 Å². The number of aromatic nitrogens is 2. The topological polar surface area (TPSA) is 55.9 Å². The molecule has 0 saturated carbocycles. The second-order valence-electron chi connectivity index (χ2n) is 5.91. The summed E-state index contributed by atoms with van der Waals surface area (Å²) in [5.74, 6) is 5.81. The summed E-state index contributed by atoms with van der Waals surface area (Å²) in [6, 6.07) is 9.11. The van der Waals surface area contributed by atoms with Gasteiger partial charge < -0.3 is 0 Å². The summed E-state index contributed by atoms with van der Waals surface area (Å²) in [5, 5.41) is 4.52. The summed E-state index contributed by atoms with van der Waals surface area (Å²) >= 11 is 0. The first-order chi connectivity index (χ1) is 10.2. The molecule has 0 spiro atoms. The highest BCUT2D eigenvalue weighted by Gasteiger charge is 2.18. The first kappa shape index (κ1) is 14.3. The van der Waals surface area contributed by atoms with Crippen molar-refractivity contribution in [2.24, 2.45) is 5.84 Å². The normalized spacial score (nSPS) is 15.2. The van der Waals surface area contributed by atoms with E-state index in [0.29, 0.717) is 0 Å². The van der Waals surface area contributed by atoms with E-state index in [1.807, 2.05) is 11.6 Å². The second-order valence-corrected chi connectivity index (χ2v) is 5.91. The van der Waals surface area contributed by atoms with Gasteiger partial charge in [0, 0.05) is 6.54 Å². The molecule has 0 fully saturated rings. The Morgan fingerprint density at radius 1 is 1.29 bits per heavy atom. The van der Waals surface area contributed by atoms with Gasteiger partial charge in [0.2, 0.25) is 0 Å². The highest BCUT2D eigenvalue weighted by molar-refractivity contribution is 5.36. The van der Waals surface area contributed by atoms with Crippen LogP contribution in [0.15, 0.2) is 24.3 Å². The Bertz CT molecular complexity index is 630. The van der Waals surface area contributed by atoms with Crippen LogP contribution in [0.25, 0.3) is 0 Å². The molecule has 0 radical (unpaired) electrons. The number of rotatable bonds is 5. The van der Waals surface area contributed by atoms with Crippen LogP contribution in [0.1, 0.15) is 47.5 Å². The number of nitrogens with two attached hydrogens (primary N) is 1. The maximum Gasteiger partial charge on any atom is 0.0669 e. The predicted octanol–water partition coefficient (Wildman–Crippen LogP) is 2.45. The quantitative estimate of drug-likeness (QED) is 0.655. The lowest BCUT2D eigenvalue weighted by atomic mass is 9.99. The van der Waals surface area contributed by atoms with Gasteiger partial charge in [-0.25, -0.2) is 0 Å². The largest absolute Gasteiger partial charge is 0.271 e. The fourth-order valence-corrected chi connectivity index (χ4v) is 3.34. The van der Waals surface area contributed by atoms with Gasteiger partial charge in [-0.05, 0) is 62.3 Å². The van der Waals surface area contributed by atoms with E-state index in [4.69, 9.17) is 5.84 Å². The van der Waals surface area contributed by atoms with E-state index in [9.17, 15) is 0 Å². The van der Waals surface area contributed by atoms with Crippen molar-refractivity contribution < 1.29 is 0 Å². The molecular weight excluding hydrogens is 260 g/mol. The Morgan fingerprint density at radius 3 is 2.86 bits per heavy atom. The van der Waals surface area contributed by atoms with Crippen molar-refractivity contribution in [3.8, 4) is 0 Å². The van der Waals surface area contributed by atoms with Crippen LogP contribution in [0.3, 0.4) is 0 Å². The number of hydrazine groups is 1. The maximum absolute atomic E-state index is 5.81. The van der Waals surface area contributed by atoms with Crippen molar-refractivity contribution in [2.75, 3.05) is 0 Å². The monoisotopic (exact) mass is 284 g/mol. The van der Waals surface area contributed by atoms with Crippen LogP contribution in [-0.4, -0.2) is 9.78 Å². The molecule has 1 aromatic heterocycles. The smallest absolute Gasteiger partial charge is 0.0669 e. The molecule has 4 heteroatoms. The summed E-state index contributed by atoms with van der Waals surface area (Å²) in [6.07, 6.45) is 4.64. The van der Waals surface area contributed by atoms with E-state index in [1.54, 1.807) is 0 Å². The molecule has 1 atom stereocenters. The van der Waals surface area contributed by atoms with Crippen molar-refractivity contribution in [2.45, 2.75) is 52.1 Å². The molecular formula is C17H24N4. The molecule has 0 aliphatic heterocycles. The second kappa shape index (κ2) is 6.00. The van der Waals surface area contributed by atoms with Crippen molar-refractivity contribution in [3.05, 3.63) is 52.3 Å². The van der Waals surface area contributed by atoms with Crippen molar-refractivity contribution in [1.29, 1.82) is 0 Å². The molecule has 1 aliphatic rings. The number of hydrogen-bond acceptors (Lipinski definition) is 3. The SMILES string of the molecule is CCn1nc(C)cc1C(Cc1ccc2c(c1)CCC2)NN. The van der Waals surface area contributed by atoms with Gasteiger partial charge in [-0.1, -0.05) is 18.2 Å². The number of benzene rings is 1.